The molecule has 0 aliphatic rings. The third-order valence-corrected chi connectivity index (χ3v) is 3.45. The van der Waals surface area contributed by atoms with E-state index in [-0.39, 0.29) is 12.2 Å². The molecular weight excluding hydrogens is 297 g/mol. The first-order valence-corrected chi connectivity index (χ1v) is 7.03. The van der Waals surface area contributed by atoms with E-state index in [0.717, 1.165) is 0 Å². The highest BCUT2D eigenvalue weighted by molar-refractivity contribution is 5.89. The number of amides is 2. The lowest BCUT2D eigenvalue weighted by Crippen LogP contribution is -2.48. The van der Waals surface area contributed by atoms with Gasteiger partial charge in [0, 0.05) is 17.8 Å². The Kier molecular flexibility index (Phi) is 6.22. The van der Waals surface area contributed by atoms with Crippen molar-refractivity contribution in [3.8, 4) is 0 Å². The van der Waals surface area contributed by atoms with Gasteiger partial charge in [-0.25, -0.2) is 4.79 Å². The van der Waals surface area contributed by atoms with Gasteiger partial charge in [0.25, 0.3) is 0 Å². The molecule has 3 N–H and O–H groups in total. The van der Waals surface area contributed by atoms with Gasteiger partial charge in [-0.05, 0) is 37.5 Å². The van der Waals surface area contributed by atoms with Gasteiger partial charge < -0.3 is 15.7 Å². The van der Waals surface area contributed by atoms with Crippen LogP contribution in [0.3, 0.4) is 0 Å². The van der Waals surface area contributed by atoms with E-state index < -0.39 is 24.2 Å². The number of carbonyl (C=O) groups excluding carboxylic acids is 1. The number of urea groups is 1. The van der Waals surface area contributed by atoms with Crippen molar-refractivity contribution in [2.45, 2.75) is 44.8 Å². The van der Waals surface area contributed by atoms with Crippen molar-refractivity contribution in [1.29, 1.82) is 0 Å². The lowest BCUT2D eigenvalue weighted by molar-refractivity contribution is -0.127. The van der Waals surface area contributed by atoms with Crippen LogP contribution in [0.2, 0.25) is 0 Å². The molecule has 124 valence electrons. The van der Waals surface area contributed by atoms with Crippen molar-refractivity contribution in [1.82, 2.24) is 5.32 Å². The van der Waals surface area contributed by atoms with Gasteiger partial charge in [-0.3, -0.25) is 0 Å². The second-order valence-corrected chi connectivity index (χ2v) is 5.46. The minimum absolute atomic E-state index is 0.0638. The maximum Gasteiger partial charge on any atom is 0.393 e. The zero-order valence-electron chi connectivity index (χ0n) is 12.6. The van der Waals surface area contributed by atoms with Crippen LogP contribution < -0.4 is 10.6 Å². The van der Waals surface area contributed by atoms with Crippen molar-refractivity contribution in [3.63, 3.8) is 0 Å². The molecule has 1 aromatic rings. The minimum Gasteiger partial charge on any atom is -0.396 e. The summed E-state index contributed by atoms with van der Waals surface area (Å²) < 4.78 is 37.1. The summed E-state index contributed by atoms with van der Waals surface area (Å²) in [4.78, 5) is 11.9. The fourth-order valence-corrected chi connectivity index (χ4v) is 2.00. The molecule has 0 aromatic heterocycles. The third-order valence-electron chi connectivity index (χ3n) is 3.45. The van der Waals surface area contributed by atoms with Crippen LogP contribution in [-0.4, -0.2) is 29.5 Å². The van der Waals surface area contributed by atoms with E-state index >= 15 is 0 Å². The van der Waals surface area contributed by atoms with Crippen LogP contribution in [0.1, 0.15) is 32.3 Å². The van der Waals surface area contributed by atoms with Gasteiger partial charge in [-0.15, -0.1) is 0 Å². The highest BCUT2D eigenvalue weighted by Gasteiger charge is 2.28. The molecule has 0 aliphatic carbocycles. The molecule has 1 rings (SSSR count). The van der Waals surface area contributed by atoms with Crippen molar-refractivity contribution < 1.29 is 23.1 Å². The molecule has 4 nitrogen and oxygen atoms in total. The van der Waals surface area contributed by atoms with Gasteiger partial charge in [-0.2, -0.15) is 13.2 Å². The molecule has 1 atom stereocenters. The number of alkyl halides is 3. The Hall–Kier alpha value is -1.76. The van der Waals surface area contributed by atoms with E-state index in [9.17, 15) is 18.0 Å². The Labute approximate surface area is 127 Å². The van der Waals surface area contributed by atoms with Gasteiger partial charge in [0.2, 0.25) is 0 Å². The van der Waals surface area contributed by atoms with Crippen molar-refractivity contribution in [3.05, 3.63) is 29.8 Å². The maximum absolute atomic E-state index is 12.4. The standard InChI is InChI=1S/C15H21F3N2O2/c1-3-14(2,7-8-21)20-13(22)19-12-6-4-5-11(9-12)10-15(16,17)18/h4-6,9,21H,3,7-8,10H2,1-2H3,(H2,19,20,22). The molecule has 0 saturated heterocycles. The van der Waals surface area contributed by atoms with Gasteiger partial charge in [0.15, 0.2) is 0 Å². The molecule has 22 heavy (non-hydrogen) atoms. The van der Waals surface area contributed by atoms with Crippen LogP contribution in [0.25, 0.3) is 0 Å². The van der Waals surface area contributed by atoms with Crippen LogP contribution in [0.15, 0.2) is 24.3 Å². The van der Waals surface area contributed by atoms with Crippen LogP contribution in [0.4, 0.5) is 23.7 Å². The number of hydrogen-bond acceptors (Lipinski definition) is 2. The zero-order valence-corrected chi connectivity index (χ0v) is 12.6. The molecular formula is C15H21F3N2O2. The summed E-state index contributed by atoms with van der Waals surface area (Å²) in [5.74, 6) is 0. The van der Waals surface area contributed by atoms with E-state index in [2.05, 4.69) is 10.6 Å². The fraction of sp³-hybridized carbons (Fsp3) is 0.533. The third kappa shape index (κ3) is 6.34. The number of rotatable bonds is 6. The number of hydrogen-bond donors (Lipinski definition) is 3. The van der Waals surface area contributed by atoms with Gasteiger partial charge in [0.1, 0.15) is 0 Å². The van der Waals surface area contributed by atoms with Crippen LogP contribution in [0.5, 0.6) is 0 Å². The van der Waals surface area contributed by atoms with Crippen molar-refractivity contribution in [2.75, 3.05) is 11.9 Å². The second-order valence-electron chi connectivity index (χ2n) is 5.46. The first-order chi connectivity index (χ1) is 10.2. The average Bonchev–Trinajstić information content (AvgIpc) is 2.37. The van der Waals surface area contributed by atoms with Gasteiger partial charge in [0.05, 0.1) is 6.42 Å². The van der Waals surface area contributed by atoms with Crippen LogP contribution in [-0.2, 0) is 6.42 Å². The quantitative estimate of drug-likeness (QED) is 0.752. The highest BCUT2D eigenvalue weighted by atomic mass is 19.4. The van der Waals surface area contributed by atoms with Crippen LogP contribution in [0, 0.1) is 0 Å². The summed E-state index contributed by atoms with van der Waals surface area (Å²) in [7, 11) is 0. The number of halogens is 3. The number of carbonyl (C=O) groups is 1. The Morgan fingerprint density at radius 1 is 1.32 bits per heavy atom. The van der Waals surface area contributed by atoms with Crippen LogP contribution >= 0.6 is 0 Å². The molecule has 0 bridgehead atoms. The van der Waals surface area contributed by atoms with E-state index in [1.165, 1.54) is 24.3 Å². The lowest BCUT2D eigenvalue weighted by atomic mass is 9.95. The SMILES string of the molecule is CCC(C)(CCO)NC(=O)Nc1cccc(CC(F)(F)F)c1. The molecule has 0 fully saturated rings. The normalized spacial score (nSPS) is 14.3. The molecule has 0 radical (unpaired) electrons. The largest absolute Gasteiger partial charge is 0.396 e. The zero-order chi connectivity index (χ0) is 16.8. The number of aliphatic hydroxyl groups excluding tert-OH is 1. The predicted molar refractivity (Wildman–Crippen MR) is 78.8 cm³/mol. The van der Waals surface area contributed by atoms with Crippen molar-refractivity contribution >= 4 is 11.7 Å². The summed E-state index contributed by atoms with van der Waals surface area (Å²) in [6.45, 7) is 3.61. The number of nitrogens with one attached hydrogen (secondary N) is 2. The monoisotopic (exact) mass is 318 g/mol. The summed E-state index contributed by atoms with van der Waals surface area (Å²) >= 11 is 0. The maximum atomic E-state index is 12.4. The Morgan fingerprint density at radius 3 is 2.55 bits per heavy atom. The molecule has 7 heteroatoms. The predicted octanol–water partition coefficient (Wildman–Crippen LogP) is 3.46. The van der Waals surface area contributed by atoms with E-state index in [0.29, 0.717) is 18.5 Å². The molecule has 0 saturated carbocycles. The van der Waals surface area contributed by atoms with Gasteiger partial charge >= 0.3 is 12.2 Å². The minimum atomic E-state index is -4.29. The first-order valence-electron chi connectivity index (χ1n) is 7.03. The molecule has 2 amide bonds. The Bertz CT molecular complexity index is 506. The number of benzene rings is 1. The second kappa shape index (κ2) is 7.49. The Balaban J connectivity index is 2.70. The summed E-state index contributed by atoms with van der Waals surface area (Å²) in [6, 6.07) is 5.13. The van der Waals surface area contributed by atoms with Gasteiger partial charge in [-0.1, -0.05) is 19.1 Å². The molecule has 1 unspecified atom stereocenters. The highest BCUT2D eigenvalue weighted by Crippen LogP contribution is 2.23. The number of aliphatic hydroxyl groups is 1. The summed E-state index contributed by atoms with van der Waals surface area (Å²) in [5.41, 5.74) is -0.191. The fourth-order valence-electron chi connectivity index (χ4n) is 2.00. The summed E-state index contributed by atoms with van der Waals surface area (Å²) in [6.07, 6.45) is -4.32. The average molecular weight is 318 g/mol. The van der Waals surface area contributed by atoms with Crippen molar-refractivity contribution in [2.24, 2.45) is 0 Å². The molecule has 1 aromatic carbocycles. The van der Waals surface area contributed by atoms with E-state index in [4.69, 9.17) is 5.11 Å². The smallest absolute Gasteiger partial charge is 0.393 e. The Morgan fingerprint density at radius 2 is 2.00 bits per heavy atom. The first kappa shape index (κ1) is 18.3. The topological polar surface area (TPSA) is 61.4 Å². The van der Waals surface area contributed by atoms with E-state index in [1.807, 2.05) is 6.92 Å². The van der Waals surface area contributed by atoms with E-state index in [1.54, 1.807) is 6.92 Å². The molecule has 0 aliphatic heterocycles. The number of anilines is 1. The molecule has 0 spiro atoms. The summed E-state index contributed by atoms with van der Waals surface area (Å²) in [5, 5.41) is 14.2. The molecule has 0 heterocycles. The lowest BCUT2D eigenvalue weighted by Gasteiger charge is -2.29.